The molecule has 0 aromatic carbocycles. The van der Waals surface area contributed by atoms with Crippen molar-refractivity contribution in [1.29, 1.82) is 0 Å². The van der Waals surface area contributed by atoms with Crippen molar-refractivity contribution in [2.45, 2.75) is 58.0 Å². The summed E-state index contributed by atoms with van der Waals surface area (Å²) in [7, 11) is 0. The number of nitrogens with zero attached hydrogens (tertiary/aromatic N) is 1. The molecular weight excluding hydrogens is 160 g/mol. The van der Waals surface area contributed by atoms with Crippen LogP contribution < -0.4 is 5.73 Å². The molecular formula is C11H24N2. The third kappa shape index (κ3) is 3.65. The van der Waals surface area contributed by atoms with E-state index in [1.165, 1.54) is 32.2 Å². The molecule has 0 radical (unpaired) electrons. The highest BCUT2D eigenvalue weighted by Crippen LogP contribution is 2.29. The Balaban J connectivity index is 2.27. The fraction of sp³-hybridized carbons (Fsp3) is 1.00. The molecule has 2 heteroatoms. The van der Waals surface area contributed by atoms with E-state index in [1.807, 2.05) is 0 Å². The van der Waals surface area contributed by atoms with E-state index in [0.29, 0.717) is 6.04 Å². The fourth-order valence-electron chi connectivity index (χ4n) is 1.92. The lowest BCUT2D eigenvalue weighted by atomic mass is 10.2. The molecule has 1 fully saturated rings. The highest BCUT2D eigenvalue weighted by molar-refractivity contribution is 4.87. The van der Waals surface area contributed by atoms with Crippen LogP contribution in [-0.2, 0) is 0 Å². The molecule has 2 N–H and O–H groups in total. The lowest BCUT2D eigenvalue weighted by Crippen LogP contribution is -2.37. The molecule has 0 aliphatic heterocycles. The molecule has 0 spiro atoms. The summed E-state index contributed by atoms with van der Waals surface area (Å²) in [6, 6.07) is 1.59. The molecule has 78 valence electrons. The lowest BCUT2D eigenvalue weighted by molar-refractivity contribution is 0.188. The number of rotatable bonds is 7. The molecule has 1 saturated carbocycles. The molecule has 13 heavy (non-hydrogen) atoms. The zero-order valence-corrected chi connectivity index (χ0v) is 9.13. The Hall–Kier alpha value is -0.0800. The van der Waals surface area contributed by atoms with Crippen molar-refractivity contribution in [1.82, 2.24) is 4.90 Å². The second-order valence-corrected chi connectivity index (χ2v) is 4.25. The van der Waals surface area contributed by atoms with Gasteiger partial charge in [-0.25, -0.2) is 0 Å². The second-order valence-electron chi connectivity index (χ2n) is 4.25. The van der Waals surface area contributed by atoms with Crippen LogP contribution in [0.15, 0.2) is 0 Å². The van der Waals surface area contributed by atoms with E-state index < -0.39 is 0 Å². The molecule has 1 atom stereocenters. The van der Waals surface area contributed by atoms with Gasteiger partial charge in [0.1, 0.15) is 0 Å². The Bertz CT molecular complexity index is 132. The van der Waals surface area contributed by atoms with Crippen LogP contribution >= 0.6 is 0 Å². The van der Waals surface area contributed by atoms with Gasteiger partial charge in [0.25, 0.3) is 0 Å². The summed E-state index contributed by atoms with van der Waals surface area (Å²) in [4.78, 5) is 2.66. The quantitative estimate of drug-likeness (QED) is 0.655. The standard InChI is InChI=1S/C11H24N2/c1-3-4-9-13(11-5-6-11)10(2)7-8-12/h10-11H,3-9,12H2,1-2H3. The molecule has 0 aromatic rings. The van der Waals surface area contributed by atoms with Gasteiger partial charge in [-0.15, -0.1) is 0 Å². The predicted molar refractivity (Wildman–Crippen MR) is 57.8 cm³/mol. The largest absolute Gasteiger partial charge is 0.330 e. The smallest absolute Gasteiger partial charge is 0.00992 e. The maximum atomic E-state index is 5.59. The van der Waals surface area contributed by atoms with Gasteiger partial charge < -0.3 is 5.73 Å². The van der Waals surface area contributed by atoms with E-state index >= 15 is 0 Å². The van der Waals surface area contributed by atoms with Crippen molar-refractivity contribution in [2.75, 3.05) is 13.1 Å². The molecule has 0 aromatic heterocycles. The molecule has 0 amide bonds. The normalized spacial score (nSPS) is 19.4. The van der Waals surface area contributed by atoms with Crippen LogP contribution in [0.4, 0.5) is 0 Å². The molecule has 2 nitrogen and oxygen atoms in total. The van der Waals surface area contributed by atoms with E-state index in [9.17, 15) is 0 Å². The van der Waals surface area contributed by atoms with Gasteiger partial charge in [0, 0.05) is 12.1 Å². The van der Waals surface area contributed by atoms with Crippen molar-refractivity contribution < 1.29 is 0 Å². The first kappa shape index (κ1) is 11.0. The third-order valence-corrected chi connectivity index (χ3v) is 2.94. The van der Waals surface area contributed by atoms with Crippen LogP contribution in [0.3, 0.4) is 0 Å². The van der Waals surface area contributed by atoms with E-state index in [4.69, 9.17) is 5.73 Å². The minimum absolute atomic E-state index is 0.698. The zero-order valence-electron chi connectivity index (χ0n) is 9.13. The van der Waals surface area contributed by atoms with Gasteiger partial charge in [-0.3, -0.25) is 4.90 Å². The van der Waals surface area contributed by atoms with Gasteiger partial charge in [-0.05, 0) is 45.7 Å². The van der Waals surface area contributed by atoms with Crippen LogP contribution in [0.1, 0.15) is 46.0 Å². The molecule has 1 unspecified atom stereocenters. The van der Waals surface area contributed by atoms with Crippen molar-refractivity contribution in [3.63, 3.8) is 0 Å². The van der Waals surface area contributed by atoms with Gasteiger partial charge in [-0.1, -0.05) is 13.3 Å². The molecule has 0 bridgehead atoms. The van der Waals surface area contributed by atoms with Gasteiger partial charge in [0.15, 0.2) is 0 Å². The highest BCUT2D eigenvalue weighted by atomic mass is 15.2. The van der Waals surface area contributed by atoms with Crippen LogP contribution in [0.5, 0.6) is 0 Å². The Kier molecular flexibility index (Phi) is 4.74. The summed E-state index contributed by atoms with van der Waals surface area (Å²) in [6.07, 6.45) is 6.63. The zero-order chi connectivity index (χ0) is 9.68. The second kappa shape index (κ2) is 5.61. The molecule has 1 aliphatic rings. The maximum Gasteiger partial charge on any atom is 0.00992 e. The van der Waals surface area contributed by atoms with Crippen LogP contribution in [0.25, 0.3) is 0 Å². The maximum absolute atomic E-state index is 5.59. The Morgan fingerprint density at radius 1 is 1.46 bits per heavy atom. The number of unbranched alkanes of at least 4 members (excludes halogenated alkanes) is 1. The average Bonchev–Trinajstić information content (AvgIpc) is 2.89. The Morgan fingerprint density at radius 3 is 2.62 bits per heavy atom. The molecule has 1 aliphatic carbocycles. The topological polar surface area (TPSA) is 29.3 Å². The van der Waals surface area contributed by atoms with Crippen molar-refractivity contribution >= 4 is 0 Å². The Labute approximate surface area is 82.5 Å². The van der Waals surface area contributed by atoms with Crippen LogP contribution in [0.2, 0.25) is 0 Å². The summed E-state index contributed by atoms with van der Waals surface area (Å²) in [5.41, 5.74) is 5.59. The van der Waals surface area contributed by atoms with Gasteiger partial charge in [0.05, 0.1) is 0 Å². The van der Waals surface area contributed by atoms with Crippen LogP contribution in [0, 0.1) is 0 Å². The highest BCUT2D eigenvalue weighted by Gasteiger charge is 2.30. The van der Waals surface area contributed by atoms with Gasteiger partial charge in [0.2, 0.25) is 0 Å². The average molecular weight is 184 g/mol. The van der Waals surface area contributed by atoms with Crippen molar-refractivity contribution in [3.8, 4) is 0 Å². The van der Waals surface area contributed by atoms with Crippen LogP contribution in [-0.4, -0.2) is 30.1 Å². The molecule has 1 rings (SSSR count). The summed E-state index contributed by atoms with van der Waals surface area (Å²) in [5.74, 6) is 0. The van der Waals surface area contributed by atoms with Gasteiger partial charge >= 0.3 is 0 Å². The van der Waals surface area contributed by atoms with Gasteiger partial charge in [-0.2, -0.15) is 0 Å². The van der Waals surface area contributed by atoms with E-state index in [1.54, 1.807) is 0 Å². The molecule has 0 saturated heterocycles. The predicted octanol–water partition coefficient (Wildman–Crippen LogP) is 1.99. The van der Waals surface area contributed by atoms with Crippen molar-refractivity contribution in [3.05, 3.63) is 0 Å². The SMILES string of the molecule is CCCCN(C(C)CCN)C1CC1. The summed E-state index contributed by atoms with van der Waals surface area (Å²) >= 11 is 0. The summed E-state index contributed by atoms with van der Waals surface area (Å²) < 4.78 is 0. The minimum atomic E-state index is 0.698. The van der Waals surface area contributed by atoms with E-state index in [0.717, 1.165) is 19.0 Å². The number of nitrogens with two attached hydrogens (primary N) is 1. The number of hydrogen-bond acceptors (Lipinski definition) is 2. The first-order valence-electron chi connectivity index (χ1n) is 5.75. The monoisotopic (exact) mass is 184 g/mol. The lowest BCUT2D eigenvalue weighted by Gasteiger charge is -2.28. The third-order valence-electron chi connectivity index (χ3n) is 2.94. The fourth-order valence-corrected chi connectivity index (χ4v) is 1.92. The minimum Gasteiger partial charge on any atom is -0.330 e. The van der Waals surface area contributed by atoms with E-state index in [-0.39, 0.29) is 0 Å². The summed E-state index contributed by atoms with van der Waals surface area (Å²) in [6.45, 7) is 6.69. The molecule has 0 heterocycles. The summed E-state index contributed by atoms with van der Waals surface area (Å²) in [5, 5.41) is 0. The number of hydrogen-bond donors (Lipinski definition) is 1. The van der Waals surface area contributed by atoms with E-state index in [2.05, 4.69) is 18.7 Å². The Morgan fingerprint density at radius 2 is 2.15 bits per heavy atom. The van der Waals surface area contributed by atoms with Crippen molar-refractivity contribution in [2.24, 2.45) is 5.73 Å². The first-order valence-corrected chi connectivity index (χ1v) is 5.75. The first-order chi connectivity index (χ1) is 6.29.